The number of hydrogen-bond acceptors (Lipinski definition) is 5. The van der Waals surface area contributed by atoms with Crippen LogP contribution in [0.4, 0.5) is 0 Å². The van der Waals surface area contributed by atoms with Gasteiger partial charge < -0.3 is 5.11 Å². The van der Waals surface area contributed by atoms with Gasteiger partial charge in [-0.1, -0.05) is 0 Å². The topological polar surface area (TPSA) is 92.2 Å². The Labute approximate surface area is 92.4 Å². The Morgan fingerprint density at radius 2 is 2.07 bits per heavy atom. The fraction of sp³-hybridized carbons (Fsp3) is 0.429. The van der Waals surface area contributed by atoms with Crippen LogP contribution in [0.25, 0.3) is 0 Å². The van der Waals surface area contributed by atoms with Crippen molar-refractivity contribution < 1.29 is 13.5 Å². The first-order valence-corrected chi connectivity index (χ1v) is 5.93. The molecular formula is C7H10ClN3O3S. The van der Waals surface area contributed by atoms with E-state index in [0.717, 1.165) is 12.4 Å². The highest BCUT2D eigenvalue weighted by molar-refractivity contribution is 7.89. The molecule has 0 bridgehead atoms. The van der Waals surface area contributed by atoms with Crippen molar-refractivity contribution in [3.63, 3.8) is 0 Å². The summed E-state index contributed by atoms with van der Waals surface area (Å²) < 4.78 is 25.2. The van der Waals surface area contributed by atoms with Gasteiger partial charge in [-0.05, 0) is 18.5 Å². The lowest BCUT2D eigenvalue weighted by molar-refractivity contribution is 0.198. The van der Waals surface area contributed by atoms with Crippen molar-refractivity contribution in [3.8, 4) is 0 Å². The molecule has 0 radical (unpaired) electrons. The lowest BCUT2D eigenvalue weighted by atomic mass is 10.4. The molecule has 8 heteroatoms. The van der Waals surface area contributed by atoms with Crippen LogP contribution in [0, 0.1) is 0 Å². The van der Waals surface area contributed by atoms with Crippen molar-refractivity contribution in [2.24, 2.45) is 0 Å². The van der Waals surface area contributed by atoms with Gasteiger partial charge in [-0.3, -0.25) is 0 Å². The van der Waals surface area contributed by atoms with Crippen molar-refractivity contribution in [1.29, 1.82) is 0 Å². The second-order valence-electron chi connectivity index (χ2n) is 2.89. The summed E-state index contributed by atoms with van der Waals surface area (Å²) >= 11 is 5.41. The molecule has 0 saturated heterocycles. The molecule has 0 fully saturated rings. The zero-order valence-electron chi connectivity index (χ0n) is 7.88. The molecule has 1 aromatic heterocycles. The SMILES string of the molecule is C[C@H](O)CNS(=O)(=O)c1cnc(Cl)nc1. The van der Waals surface area contributed by atoms with Gasteiger partial charge in [0.05, 0.1) is 18.5 Å². The molecule has 0 aliphatic carbocycles. The van der Waals surface area contributed by atoms with Crippen LogP contribution in [0.1, 0.15) is 6.92 Å². The number of nitrogens with one attached hydrogen (secondary N) is 1. The molecule has 0 aromatic carbocycles. The molecule has 0 spiro atoms. The van der Waals surface area contributed by atoms with Crippen LogP contribution in [0.3, 0.4) is 0 Å². The Morgan fingerprint density at radius 1 is 1.53 bits per heavy atom. The molecule has 1 aromatic rings. The van der Waals surface area contributed by atoms with Crippen LogP contribution >= 0.6 is 11.6 Å². The minimum atomic E-state index is -3.67. The standard InChI is InChI=1S/C7H10ClN3O3S/c1-5(12)2-11-15(13,14)6-3-9-7(8)10-4-6/h3-5,11-12H,2H2,1H3/t5-/m0/s1. The van der Waals surface area contributed by atoms with Crippen LogP contribution in [-0.2, 0) is 10.0 Å². The summed E-state index contributed by atoms with van der Waals surface area (Å²) in [6, 6.07) is 0. The van der Waals surface area contributed by atoms with Gasteiger partial charge in [0, 0.05) is 6.54 Å². The number of aliphatic hydroxyl groups is 1. The summed E-state index contributed by atoms with van der Waals surface area (Å²) in [5, 5.41) is 8.90. The Kier molecular flexibility index (Phi) is 3.97. The van der Waals surface area contributed by atoms with Crippen molar-refractivity contribution in [1.82, 2.24) is 14.7 Å². The first-order valence-electron chi connectivity index (χ1n) is 4.07. The zero-order valence-corrected chi connectivity index (χ0v) is 9.46. The van der Waals surface area contributed by atoms with Crippen molar-refractivity contribution in [2.75, 3.05) is 6.54 Å². The van der Waals surface area contributed by atoms with Gasteiger partial charge in [-0.15, -0.1) is 0 Å². The summed E-state index contributed by atoms with van der Waals surface area (Å²) in [5.41, 5.74) is 0. The van der Waals surface area contributed by atoms with E-state index in [1.54, 1.807) is 0 Å². The predicted molar refractivity (Wildman–Crippen MR) is 53.9 cm³/mol. The third-order valence-corrected chi connectivity index (χ3v) is 3.05. The molecular weight excluding hydrogens is 242 g/mol. The number of aromatic nitrogens is 2. The lowest BCUT2D eigenvalue weighted by Crippen LogP contribution is -2.30. The average Bonchev–Trinajstić information content (AvgIpc) is 2.16. The molecule has 0 saturated carbocycles. The zero-order chi connectivity index (χ0) is 11.5. The summed E-state index contributed by atoms with van der Waals surface area (Å²) in [6.07, 6.45) is 1.44. The first kappa shape index (κ1) is 12.3. The van der Waals surface area contributed by atoms with E-state index < -0.39 is 16.1 Å². The Balaban J connectivity index is 2.82. The molecule has 6 nitrogen and oxygen atoms in total. The number of halogens is 1. The third-order valence-electron chi connectivity index (χ3n) is 1.48. The van der Waals surface area contributed by atoms with Gasteiger partial charge >= 0.3 is 0 Å². The first-order chi connectivity index (χ1) is 6.92. The molecule has 0 amide bonds. The molecule has 0 aliphatic rings. The Morgan fingerprint density at radius 3 is 2.53 bits per heavy atom. The normalized spacial score (nSPS) is 13.8. The van der Waals surface area contributed by atoms with Crippen LogP contribution in [0.15, 0.2) is 17.3 Å². The highest BCUT2D eigenvalue weighted by Gasteiger charge is 2.15. The van der Waals surface area contributed by atoms with Gasteiger partial charge in [-0.2, -0.15) is 0 Å². The minimum absolute atomic E-state index is 0.0236. The van der Waals surface area contributed by atoms with E-state index in [2.05, 4.69) is 14.7 Å². The van der Waals surface area contributed by atoms with E-state index in [4.69, 9.17) is 16.7 Å². The molecule has 1 atom stereocenters. The molecule has 0 unspecified atom stereocenters. The molecule has 1 heterocycles. The molecule has 2 N–H and O–H groups in total. The fourth-order valence-corrected chi connectivity index (χ4v) is 1.86. The van der Waals surface area contributed by atoms with Crippen molar-refractivity contribution in [3.05, 3.63) is 17.7 Å². The monoisotopic (exact) mass is 251 g/mol. The summed E-state index contributed by atoms with van der Waals surface area (Å²) in [5.74, 6) is 0. The molecule has 0 aliphatic heterocycles. The summed E-state index contributed by atoms with van der Waals surface area (Å²) in [6.45, 7) is 1.41. The Bertz CT molecular complexity index is 418. The smallest absolute Gasteiger partial charge is 0.243 e. The maximum absolute atomic E-state index is 11.5. The van der Waals surface area contributed by atoms with Crippen LogP contribution in [0.2, 0.25) is 5.28 Å². The largest absolute Gasteiger partial charge is 0.392 e. The van der Waals surface area contributed by atoms with E-state index in [1.165, 1.54) is 6.92 Å². The van der Waals surface area contributed by atoms with Gasteiger partial charge in [0.15, 0.2) is 0 Å². The van der Waals surface area contributed by atoms with Crippen LogP contribution in [-0.4, -0.2) is 36.1 Å². The third kappa shape index (κ3) is 3.71. The summed E-state index contributed by atoms with van der Waals surface area (Å²) in [4.78, 5) is 7.00. The number of aliphatic hydroxyl groups excluding tert-OH is 1. The van der Waals surface area contributed by atoms with E-state index >= 15 is 0 Å². The second kappa shape index (κ2) is 4.84. The van der Waals surface area contributed by atoms with Gasteiger partial charge in [-0.25, -0.2) is 23.1 Å². The fourth-order valence-electron chi connectivity index (χ4n) is 0.753. The number of hydrogen-bond donors (Lipinski definition) is 2. The molecule has 15 heavy (non-hydrogen) atoms. The highest BCUT2D eigenvalue weighted by atomic mass is 35.5. The van der Waals surface area contributed by atoms with Crippen molar-refractivity contribution >= 4 is 21.6 Å². The quantitative estimate of drug-likeness (QED) is 0.723. The lowest BCUT2D eigenvalue weighted by Gasteiger charge is -2.07. The van der Waals surface area contributed by atoms with Crippen LogP contribution < -0.4 is 4.72 Å². The number of sulfonamides is 1. The number of rotatable bonds is 4. The maximum atomic E-state index is 11.5. The van der Waals surface area contributed by atoms with E-state index in [0.29, 0.717) is 0 Å². The van der Waals surface area contributed by atoms with E-state index in [1.807, 2.05) is 0 Å². The average molecular weight is 252 g/mol. The van der Waals surface area contributed by atoms with E-state index in [-0.39, 0.29) is 16.7 Å². The van der Waals surface area contributed by atoms with Gasteiger partial charge in [0.2, 0.25) is 15.3 Å². The second-order valence-corrected chi connectivity index (χ2v) is 4.99. The molecule has 84 valence electrons. The highest BCUT2D eigenvalue weighted by Crippen LogP contribution is 2.07. The predicted octanol–water partition coefficient (Wildman–Crippen LogP) is -0.211. The number of nitrogens with zero attached hydrogens (tertiary/aromatic N) is 2. The van der Waals surface area contributed by atoms with Gasteiger partial charge in [0.25, 0.3) is 0 Å². The summed E-state index contributed by atoms with van der Waals surface area (Å²) in [7, 11) is -3.67. The minimum Gasteiger partial charge on any atom is -0.392 e. The van der Waals surface area contributed by atoms with Crippen molar-refractivity contribution in [2.45, 2.75) is 17.9 Å². The van der Waals surface area contributed by atoms with Gasteiger partial charge in [0.1, 0.15) is 4.90 Å². The maximum Gasteiger partial charge on any atom is 0.243 e. The van der Waals surface area contributed by atoms with Crippen LogP contribution in [0.5, 0.6) is 0 Å². The molecule has 1 rings (SSSR count). The Hall–Kier alpha value is -0.760. The van der Waals surface area contributed by atoms with E-state index in [9.17, 15) is 8.42 Å².